The third kappa shape index (κ3) is 2.65. The number of nitrogens with zero attached hydrogens (tertiary/aromatic N) is 2. The van der Waals surface area contributed by atoms with Crippen LogP contribution in [0.4, 0.5) is 4.39 Å². The normalized spacial score (nSPS) is 12.4. The average Bonchev–Trinajstić information content (AvgIpc) is 2.72. The molecule has 1 unspecified atom stereocenters. The van der Waals surface area contributed by atoms with Crippen molar-refractivity contribution in [3.8, 4) is 17.3 Å². The van der Waals surface area contributed by atoms with E-state index in [1.807, 2.05) is 20.8 Å². The summed E-state index contributed by atoms with van der Waals surface area (Å²) in [6.45, 7) is 5.89. The zero-order valence-electron chi connectivity index (χ0n) is 11.2. The van der Waals surface area contributed by atoms with E-state index < -0.39 is 0 Å². The molecule has 2 aromatic rings. The summed E-state index contributed by atoms with van der Waals surface area (Å²) >= 11 is 0. The summed E-state index contributed by atoms with van der Waals surface area (Å²) in [4.78, 5) is 7.66. The number of rotatable bonds is 3. The number of H-pyrrole nitrogens is 1. The van der Waals surface area contributed by atoms with Crippen molar-refractivity contribution in [1.29, 1.82) is 5.26 Å². The molecule has 0 saturated carbocycles. The fourth-order valence-electron chi connectivity index (χ4n) is 2.05. The van der Waals surface area contributed by atoms with Crippen molar-refractivity contribution in [2.24, 2.45) is 5.92 Å². The minimum absolute atomic E-state index is 0.191. The van der Waals surface area contributed by atoms with Crippen LogP contribution >= 0.6 is 0 Å². The number of nitriles is 1. The average molecular weight is 257 g/mol. The van der Waals surface area contributed by atoms with Crippen LogP contribution in [0.15, 0.2) is 24.3 Å². The maximum Gasteiger partial charge on any atom is 0.124 e. The van der Waals surface area contributed by atoms with Crippen LogP contribution in [0.1, 0.15) is 31.3 Å². The quantitative estimate of drug-likeness (QED) is 0.909. The molecule has 0 aliphatic carbocycles. The summed E-state index contributed by atoms with van der Waals surface area (Å²) in [6.07, 6.45) is 0. The topological polar surface area (TPSA) is 52.5 Å². The number of nitrogens with one attached hydrogen (secondary N) is 1. The van der Waals surface area contributed by atoms with Gasteiger partial charge in [0.15, 0.2) is 0 Å². The van der Waals surface area contributed by atoms with Gasteiger partial charge in [0.05, 0.1) is 11.8 Å². The van der Waals surface area contributed by atoms with Gasteiger partial charge in [-0.2, -0.15) is 5.26 Å². The number of benzene rings is 1. The van der Waals surface area contributed by atoms with E-state index in [9.17, 15) is 9.65 Å². The Morgan fingerprint density at radius 3 is 2.42 bits per heavy atom. The van der Waals surface area contributed by atoms with Crippen molar-refractivity contribution in [1.82, 2.24) is 9.97 Å². The van der Waals surface area contributed by atoms with E-state index >= 15 is 0 Å². The summed E-state index contributed by atoms with van der Waals surface area (Å²) in [6, 6.07) is 8.47. The molecule has 1 N–H and O–H groups in total. The van der Waals surface area contributed by atoms with Crippen LogP contribution in [0.2, 0.25) is 0 Å². The van der Waals surface area contributed by atoms with Gasteiger partial charge in [-0.3, -0.25) is 0 Å². The maximum atomic E-state index is 12.9. The van der Waals surface area contributed by atoms with Gasteiger partial charge in [-0.1, -0.05) is 13.8 Å². The number of aryl methyl sites for hydroxylation is 1. The Labute approximate surface area is 112 Å². The molecule has 0 amide bonds. The molecule has 1 aromatic carbocycles. The van der Waals surface area contributed by atoms with Crippen molar-refractivity contribution in [3.63, 3.8) is 0 Å². The van der Waals surface area contributed by atoms with Gasteiger partial charge in [0.25, 0.3) is 0 Å². The second kappa shape index (κ2) is 5.23. The van der Waals surface area contributed by atoms with Gasteiger partial charge in [-0.15, -0.1) is 0 Å². The number of hydrogen-bond acceptors (Lipinski definition) is 2. The van der Waals surface area contributed by atoms with Gasteiger partial charge in [0, 0.05) is 11.3 Å². The molecule has 0 radical (unpaired) electrons. The Morgan fingerprint density at radius 1 is 1.26 bits per heavy atom. The number of hydrogen-bond donors (Lipinski definition) is 1. The van der Waals surface area contributed by atoms with E-state index in [4.69, 9.17) is 0 Å². The highest BCUT2D eigenvalue weighted by molar-refractivity contribution is 5.62. The highest BCUT2D eigenvalue weighted by atomic mass is 19.1. The Hall–Kier alpha value is -2.15. The van der Waals surface area contributed by atoms with Crippen LogP contribution in [0.5, 0.6) is 0 Å². The van der Waals surface area contributed by atoms with E-state index in [1.165, 1.54) is 12.1 Å². The van der Waals surface area contributed by atoms with E-state index in [0.29, 0.717) is 5.82 Å². The Balaban J connectivity index is 2.42. The van der Waals surface area contributed by atoms with E-state index in [2.05, 4.69) is 16.0 Å². The molecular formula is C15H16FN3. The van der Waals surface area contributed by atoms with Gasteiger partial charge in [-0.25, -0.2) is 9.37 Å². The van der Waals surface area contributed by atoms with Gasteiger partial charge in [0.1, 0.15) is 17.6 Å². The monoisotopic (exact) mass is 257 g/mol. The summed E-state index contributed by atoms with van der Waals surface area (Å²) < 4.78 is 12.9. The molecule has 98 valence electrons. The smallest absolute Gasteiger partial charge is 0.124 e. The van der Waals surface area contributed by atoms with Crippen LogP contribution in [0.25, 0.3) is 11.3 Å². The third-order valence-corrected chi connectivity index (χ3v) is 3.12. The third-order valence-electron chi connectivity index (χ3n) is 3.12. The van der Waals surface area contributed by atoms with Gasteiger partial charge < -0.3 is 4.98 Å². The summed E-state index contributed by atoms with van der Waals surface area (Å²) in [5.74, 6) is 0.341. The van der Waals surface area contributed by atoms with E-state index in [-0.39, 0.29) is 17.7 Å². The zero-order valence-corrected chi connectivity index (χ0v) is 11.2. The SMILES string of the molecule is Cc1[nH]c(C(C#N)C(C)C)nc1-c1ccc(F)cc1. The first-order valence-corrected chi connectivity index (χ1v) is 6.25. The fraction of sp³-hybridized carbons (Fsp3) is 0.333. The zero-order chi connectivity index (χ0) is 14.0. The maximum absolute atomic E-state index is 12.9. The number of aromatic nitrogens is 2. The van der Waals surface area contributed by atoms with Gasteiger partial charge in [-0.05, 0) is 37.1 Å². The largest absolute Gasteiger partial charge is 0.344 e. The number of aromatic amines is 1. The van der Waals surface area contributed by atoms with Gasteiger partial charge in [0.2, 0.25) is 0 Å². The summed E-state index contributed by atoms with van der Waals surface area (Å²) in [5, 5.41) is 9.20. The van der Waals surface area contributed by atoms with Crippen molar-refractivity contribution in [3.05, 3.63) is 41.6 Å². The lowest BCUT2D eigenvalue weighted by atomic mass is 9.97. The molecule has 0 aliphatic rings. The summed E-state index contributed by atoms with van der Waals surface area (Å²) in [5.41, 5.74) is 2.51. The molecule has 0 fully saturated rings. The van der Waals surface area contributed by atoms with E-state index in [0.717, 1.165) is 17.0 Å². The molecule has 1 atom stereocenters. The Bertz CT molecular complexity index is 605. The van der Waals surface area contributed by atoms with Crippen molar-refractivity contribution < 1.29 is 4.39 Å². The number of halogens is 1. The lowest BCUT2D eigenvalue weighted by molar-refractivity contribution is 0.565. The lowest BCUT2D eigenvalue weighted by Crippen LogP contribution is -2.06. The molecule has 1 heterocycles. The Morgan fingerprint density at radius 2 is 1.89 bits per heavy atom. The molecule has 0 spiro atoms. The number of imidazole rings is 1. The van der Waals surface area contributed by atoms with Crippen molar-refractivity contribution in [2.75, 3.05) is 0 Å². The highest BCUT2D eigenvalue weighted by Gasteiger charge is 2.20. The predicted octanol–water partition coefficient (Wildman–Crippen LogP) is 3.79. The van der Waals surface area contributed by atoms with Crippen LogP contribution in [-0.4, -0.2) is 9.97 Å². The first-order chi connectivity index (χ1) is 9.02. The molecular weight excluding hydrogens is 241 g/mol. The lowest BCUT2D eigenvalue weighted by Gasteiger charge is -2.08. The molecule has 3 nitrogen and oxygen atoms in total. The molecule has 0 aliphatic heterocycles. The highest BCUT2D eigenvalue weighted by Crippen LogP contribution is 2.27. The standard InChI is InChI=1S/C15H16FN3/c1-9(2)13(8-17)15-18-10(3)14(19-15)11-4-6-12(16)7-5-11/h4-7,9,13H,1-3H3,(H,18,19). The predicted molar refractivity (Wildman–Crippen MR) is 71.9 cm³/mol. The molecule has 4 heteroatoms. The second-order valence-electron chi connectivity index (χ2n) is 4.95. The molecule has 19 heavy (non-hydrogen) atoms. The first-order valence-electron chi connectivity index (χ1n) is 6.25. The second-order valence-corrected chi connectivity index (χ2v) is 4.95. The minimum Gasteiger partial charge on any atom is -0.344 e. The summed E-state index contributed by atoms with van der Waals surface area (Å²) in [7, 11) is 0. The molecule has 0 bridgehead atoms. The fourth-order valence-corrected chi connectivity index (χ4v) is 2.05. The van der Waals surface area contributed by atoms with E-state index in [1.54, 1.807) is 12.1 Å². The first kappa shape index (κ1) is 13.3. The Kier molecular flexibility index (Phi) is 3.66. The molecule has 2 rings (SSSR count). The van der Waals surface area contributed by atoms with Crippen LogP contribution < -0.4 is 0 Å². The van der Waals surface area contributed by atoms with Crippen molar-refractivity contribution in [2.45, 2.75) is 26.7 Å². The van der Waals surface area contributed by atoms with Crippen LogP contribution in [0.3, 0.4) is 0 Å². The minimum atomic E-state index is -0.269. The molecule has 0 saturated heterocycles. The van der Waals surface area contributed by atoms with Gasteiger partial charge >= 0.3 is 0 Å². The van der Waals surface area contributed by atoms with Crippen LogP contribution in [0, 0.1) is 30.0 Å². The van der Waals surface area contributed by atoms with Crippen LogP contribution in [-0.2, 0) is 0 Å². The van der Waals surface area contributed by atoms with Crippen molar-refractivity contribution >= 4 is 0 Å². The molecule has 1 aromatic heterocycles.